The molecule has 1 atom stereocenters. The molecule has 0 bridgehead atoms. The van der Waals surface area contributed by atoms with Gasteiger partial charge >= 0.3 is 0 Å². The van der Waals surface area contributed by atoms with Crippen LogP contribution in [0.4, 0.5) is 0 Å². The van der Waals surface area contributed by atoms with Gasteiger partial charge in [-0.05, 0) is 33.6 Å². The summed E-state index contributed by atoms with van der Waals surface area (Å²) in [5, 5.41) is 17.2. The van der Waals surface area contributed by atoms with Crippen LogP contribution >= 0.6 is 15.9 Å². The summed E-state index contributed by atoms with van der Waals surface area (Å²) in [4.78, 5) is 0. The molecular weight excluding hydrogens is 242 g/mol. The Morgan fingerprint density at radius 3 is 2.71 bits per heavy atom. The molecule has 70 valence electrons. The van der Waals surface area contributed by atoms with Gasteiger partial charge in [0, 0.05) is 10.5 Å². The Hall–Kier alpha value is -1.36. The maximum Gasteiger partial charge on any atom is 0.100 e. The zero-order chi connectivity index (χ0) is 10.6. The summed E-state index contributed by atoms with van der Waals surface area (Å²) in [6, 6.07) is 9.01. The van der Waals surface area contributed by atoms with E-state index in [0.717, 1.165) is 10.0 Å². The van der Waals surface area contributed by atoms with Crippen molar-refractivity contribution >= 4 is 15.9 Å². The number of halogens is 1. The molecule has 1 aromatic rings. The summed E-state index contributed by atoms with van der Waals surface area (Å²) in [5.74, 6) is 0. The highest BCUT2D eigenvalue weighted by Gasteiger charge is 2.07. The number of benzene rings is 1. The number of hydrogen-bond donors (Lipinski definition) is 1. The Morgan fingerprint density at radius 1 is 1.43 bits per heavy atom. The molecule has 0 fully saturated rings. The standard InChI is InChI=1S/C10H8BrN3/c11-9-2-1-7(5-8(9)6-13)10(14)3-4-12/h1-2,5,10H,3,14H2. The second-order valence-electron chi connectivity index (χ2n) is 2.82. The first-order valence-corrected chi connectivity index (χ1v) is 4.80. The second kappa shape index (κ2) is 4.76. The molecule has 0 aromatic heterocycles. The van der Waals surface area contributed by atoms with Crippen molar-refractivity contribution in [3.8, 4) is 12.1 Å². The molecule has 0 aliphatic heterocycles. The number of hydrogen-bond acceptors (Lipinski definition) is 3. The zero-order valence-corrected chi connectivity index (χ0v) is 8.95. The van der Waals surface area contributed by atoms with Crippen LogP contribution in [0.1, 0.15) is 23.6 Å². The lowest BCUT2D eigenvalue weighted by molar-refractivity contribution is 0.748. The molecule has 1 unspecified atom stereocenters. The minimum absolute atomic E-state index is 0.256. The lowest BCUT2D eigenvalue weighted by atomic mass is 10.0. The minimum Gasteiger partial charge on any atom is -0.323 e. The van der Waals surface area contributed by atoms with E-state index in [4.69, 9.17) is 16.3 Å². The van der Waals surface area contributed by atoms with Gasteiger partial charge in [-0.15, -0.1) is 0 Å². The van der Waals surface area contributed by atoms with Gasteiger partial charge in [-0.3, -0.25) is 0 Å². The molecular formula is C10H8BrN3. The van der Waals surface area contributed by atoms with Crippen molar-refractivity contribution in [2.75, 3.05) is 0 Å². The van der Waals surface area contributed by atoms with Crippen LogP contribution < -0.4 is 5.73 Å². The third kappa shape index (κ3) is 2.32. The topological polar surface area (TPSA) is 73.6 Å². The molecule has 0 radical (unpaired) electrons. The van der Waals surface area contributed by atoms with Crippen LogP contribution in [-0.2, 0) is 0 Å². The molecule has 2 N–H and O–H groups in total. The highest BCUT2D eigenvalue weighted by molar-refractivity contribution is 9.10. The monoisotopic (exact) mass is 249 g/mol. The van der Waals surface area contributed by atoms with Crippen molar-refractivity contribution in [1.29, 1.82) is 10.5 Å². The van der Waals surface area contributed by atoms with E-state index in [9.17, 15) is 0 Å². The van der Waals surface area contributed by atoms with Gasteiger partial charge in [0.05, 0.1) is 18.1 Å². The molecule has 14 heavy (non-hydrogen) atoms. The van der Waals surface area contributed by atoms with Gasteiger partial charge in [0.25, 0.3) is 0 Å². The first kappa shape index (κ1) is 10.7. The van der Waals surface area contributed by atoms with Crippen LogP contribution in [0.25, 0.3) is 0 Å². The maximum absolute atomic E-state index is 8.77. The Kier molecular flexibility index (Phi) is 3.64. The van der Waals surface area contributed by atoms with E-state index >= 15 is 0 Å². The lowest BCUT2D eigenvalue weighted by Gasteiger charge is -2.08. The Balaban J connectivity index is 3.03. The average molecular weight is 250 g/mol. The molecule has 1 aromatic carbocycles. The molecule has 0 amide bonds. The summed E-state index contributed by atoms with van der Waals surface area (Å²) < 4.78 is 0.743. The normalized spacial score (nSPS) is 11.4. The molecule has 3 nitrogen and oxygen atoms in total. The second-order valence-corrected chi connectivity index (χ2v) is 3.67. The van der Waals surface area contributed by atoms with Gasteiger partial charge in [0.2, 0.25) is 0 Å². The van der Waals surface area contributed by atoms with Crippen molar-refractivity contribution in [3.63, 3.8) is 0 Å². The van der Waals surface area contributed by atoms with Crippen LogP contribution in [-0.4, -0.2) is 0 Å². The van der Waals surface area contributed by atoms with E-state index < -0.39 is 0 Å². The number of nitriles is 2. The average Bonchev–Trinajstić information content (AvgIpc) is 2.19. The Labute approximate surface area is 90.9 Å². The quantitative estimate of drug-likeness (QED) is 0.874. The molecule has 0 heterocycles. The number of nitrogens with zero attached hydrogens (tertiary/aromatic N) is 2. The predicted molar refractivity (Wildman–Crippen MR) is 56.0 cm³/mol. The SMILES string of the molecule is N#CCC(N)c1ccc(Br)c(C#N)c1. The highest BCUT2D eigenvalue weighted by Crippen LogP contribution is 2.21. The van der Waals surface area contributed by atoms with Gasteiger partial charge < -0.3 is 5.73 Å². The van der Waals surface area contributed by atoms with Crippen molar-refractivity contribution < 1.29 is 0 Å². The van der Waals surface area contributed by atoms with Gasteiger partial charge in [-0.25, -0.2) is 0 Å². The molecule has 0 saturated heterocycles. The summed E-state index contributed by atoms with van der Waals surface area (Å²) in [7, 11) is 0. The van der Waals surface area contributed by atoms with Gasteiger partial charge in [0.15, 0.2) is 0 Å². The van der Waals surface area contributed by atoms with Crippen LogP contribution in [0.5, 0.6) is 0 Å². The maximum atomic E-state index is 8.77. The molecule has 1 rings (SSSR count). The van der Waals surface area contributed by atoms with Crippen molar-refractivity contribution in [1.82, 2.24) is 0 Å². The van der Waals surface area contributed by atoms with Crippen LogP contribution in [0.3, 0.4) is 0 Å². The van der Waals surface area contributed by atoms with Crippen LogP contribution in [0.15, 0.2) is 22.7 Å². The van der Waals surface area contributed by atoms with E-state index in [-0.39, 0.29) is 12.5 Å². The molecule has 0 aliphatic rings. The lowest BCUT2D eigenvalue weighted by Crippen LogP contribution is -2.09. The largest absolute Gasteiger partial charge is 0.323 e. The van der Waals surface area contributed by atoms with Gasteiger partial charge in [-0.1, -0.05) is 6.07 Å². The molecule has 0 saturated carbocycles. The summed E-state index contributed by atoms with van der Waals surface area (Å²) in [6.07, 6.45) is 0.256. The summed E-state index contributed by atoms with van der Waals surface area (Å²) >= 11 is 3.25. The fourth-order valence-corrected chi connectivity index (χ4v) is 1.41. The highest BCUT2D eigenvalue weighted by atomic mass is 79.9. The van der Waals surface area contributed by atoms with Crippen molar-refractivity contribution in [2.24, 2.45) is 5.73 Å². The number of rotatable bonds is 2. The van der Waals surface area contributed by atoms with E-state index in [1.54, 1.807) is 12.1 Å². The van der Waals surface area contributed by atoms with E-state index in [0.29, 0.717) is 5.56 Å². The number of nitrogens with two attached hydrogens (primary N) is 1. The van der Waals surface area contributed by atoms with Gasteiger partial charge in [-0.2, -0.15) is 10.5 Å². The van der Waals surface area contributed by atoms with Crippen molar-refractivity contribution in [2.45, 2.75) is 12.5 Å². The third-order valence-electron chi connectivity index (χ3n) is 1.85. The van der Waals surface area contributed by atoms with E-state index in [1.165, 1.54) is 0 Å². The van der Waals surface area contributed by atoms with Crippen molar-refractivity contribution in [3.05, 3.63) is 33.8 Å². The first-order valence-electron chi connectivity index (χ1n) is 4.01. The fourth-order valence-electron chi connectivity index (χ4n) is 1.08. The minimum atomic E-state index is -0.319. The zero-order valence-electron chi connectivity index (χ0n) is 7.37. The van der Waals surface area contributed by atoms with Crippen LogP contribution in [0.2, 0.25) is 0 Å². The van der Waals surface area contributed by atoms with E-state index in [2.05, 4.69) is 15.9 Å². The first-order chi connectivity index (χ1) is 6.69. The third-order valence-corrected chi connectivity index (χ3v) is 2.54. The smallest absolute Gasteiger partial charge is 0.100 e. The Bertz CT molecular complexity index is 414. The molecule has 0 spiro atoms. The van der Waals surface area contributed by atoms with Crippen LogP contribution in [0, 0.1) is 22.7 Å². The summed E-state index contributed by atoms with van der Waals surface area (Å²) in [6.45, 7) is 0. The molecule has 4 heteroatoms. The summed E-state index contributed by atoms with van der Waals surface area (Å²) in [5.41, 5.74) is 7.08. The van der Waals surface area contributed by atoms with Gasteiger partial charge in [0.1, 0.15) is 6.07 Å². The van der Waals surface area contributed by atoms with E-state index in [1.807, 2.05) is 18.2 Å². The fraction of sp³-hybridized carbons (Fsp3) is 0.200. The molecule has 0 aliphatic carbocycles. The predicted octanol–water partition coefficient (Wildman–Crippen LogP) is 2.23. The Morgan fingerprint density at radius 2 is 2.14 bits per heavy atom.